The highest BCUT2D eigenvalue weighted by molar-refractivity contribution is 5.84. The van der Waals surface area contributed by atoms with Crippen LogP contribution in [-0.2, 0) is 51.1 Å². The molecule has 0 aliphatic carbocycles. The predicted molar refractivity (Wildman–Crippen MR) is 186 cm³/mol. The van der Waals surface area contributed by atoms with Gasteiger partial charge in [-0.15, -0.1) is 0 Å². The first-order valence-electron chi connectivity index (χ1n) is 17.0. The van der Waals surface area contributed by atoms with E-state index in [1.54, 1.807) is 18.2 Å². The fourth-order valence-corrected chi connectivity index (χ4v) is 5.25. The topological polar surface area (TPSA) is 135 Å². The molecule has 0 radical (unpaired) electrons. The van der Waals surface area contributed by atoms with Crippen LogP contribution in [0.1, 0.15) is 18.1 Å². The zero-order valence-corrected chi connectivity index (χ0v) is 29.0. The molecule has 282 valence electrons. The van der Waals surface area contributed by atoms with E-state index in [4.69, 9.17) is 43.4 Å². The second-order valence-electron chi connectivity index (χ2n) is 11.7. The first-order valence-corrected chi connectivity index (χ1v) is 17.0. The average Bonchev–Trinajstić information content (AvgIpc) is 3.15. The molecule has 5 atom stereocenters. The molecule has 0 spiro atoms. The molecule has 0 aromatic heterocycles. The first-order chi connectivity index (χ1) is 25.3. The van der Waals surface area contributed by atoms with Gasteiger partial charge in [0.25, 0.3) is 5.90 Å². The fourth-order valence-electron chi connectivity index (χ4n) is 5.25. The van der Waals surface area contributed by atoms with Crippen LogP contribution in [0.15, 0.2) is 101 Å². The van der Waals surface area contributed by atoms with E-state index in [0.29, 0.717) is 33.0 Å². The van der Waals surface area contributed by atoms with Gasteiger partial charge < -0.3 is 37.9 Å². The molecule has 0 saturated carbocycles. The Balaban J connectivity index is 1.42. The Kier molecular flexibility index (Phi) is 17.8. The van der Waals surface area contributed by atoms with Crippen LogP contribution in [0, 0.1) is 5.92 Å². The van der Waals surface area contributed by atoms with Crippen molar-refractivity contribution in [2.24, 2.45) is 16.0 Å². The maximum atomic E-state index is 14.4. The molecular formula is C37H45F3N4O8. The lowest BCUT2D eigenvalue weighted by atomic mass is 9.90. The smallest absolute Gasteiger partial charge is 0.441 e. The highest BCUT2D eigenvalue weighted by atomic mass is 19.4. The third kappa shape index (κ3) is 14.5. The van der Waals surface area contributed by atoms with Gasteiger partial charge in [-0.1, -0.05) is 90.9 Å². The van der Waals surface area contributed by atoms with Crippen molar-refractivity contribution in [2.75, 3.05) is 59.4 Å². The lowest BCUT2D eigenvalue weighted by Crippen LogP contribution is -2.58. The molecule has 12 nitrogen and oxygen atoms in total. The van der Waals surface area contributed by atoms with Gasteiger partial charge in [-0.05, 0) is 28.8 Å². The Morgan fingerprint density at radius 3 is 1.75 bits per heavy atom. The van der Waals surface area contributed by atoms with E-state index in [-0.39, 0.29) is 45.3 Å². The molecule has 15 heteroatoms. The Morgan fingerprint density at radius 1 is 0.712 bits per heavy atom. The van der Waals surface area contributed by atoms with E-state index >= 15 is 0 Å². The molecule has 1 aliphatic heterocycles. The Morgan fingerprint density at radius 2 is 1.21 bits per heavy atom. The average molecular weight is 731 g/mol. The SMILES string of the molecule is C[C@@H]1C(OCc2ccccc2)[C@H](OC(=Nc2ccccc2)C(F)(F)F)OC(COCCOCCOCCOCCN=[N+]=[N-])[C@@H]1OCc1ccccc1. The third-order valence-corrected chi connectivity index (χ3v) is 7.80. The van der Waals surface area contributed by atoms with Gasteiger partial charge in [0.2, 0.25) is 6.29 Å². The number of nitrogens with zero attached hydrogens (tertiary/aromatic N) is 4. The molecule has 4 rings (SSSR count). The summed E-state index contributed by atoms with van der Waals surface area (Å²) in [6, 6.07) is 26.6. The summed E-state index contributed by atoms with van der Waals surface area (Å²) in [5.74, 6) is -1.95. The minimum absolute atomic E-state index is 0.0146. The summed E-state index contributed by atoms with van der Waals surface area (Å²) < 4.78 is 89.8. The van der Waals surface area contributed by atoms with Crippen molar-refractivity contribution >= 4 is 11.6 Å². The molecular weight excluding hydrogens is 685 g/mol. The number of aliphatic imine (C=N–C) groups is 1. The highest BCUT2D eigenvalue weighted by Gasteiger charge is 2.49. The number of azide groups is 1. The first kappa shape index (κ1) is 40.7. The number of hydrogen-bond acceptors (Lipinski definition) is 10. The maximum Gasteiger partial charge on any atom is 0.468 e. The van der Waals surface area contributed by atoms with Gasteiger partial charge in [0, 0.05) is 17.4 Å². The van der Waals surface area contributed by atoms with E-state index in [2.05, 4.69) is 15.0 Å². The zero-order valence-electron chi connectivity index (χ0n) is 29.0. The molecule has 1 aliphatic rings. The number of benzene rings is 3. The van der Waals surface area contributed by atoms with Crippen LogP contribution in [0.25, 0.3) is 10.4 Å². The molecule has 0 amide bonds. The summed E-state index contributed by atoms with van der Waals surface area (Å²) in [7, 11) is 0. The second kappa shape index (κ2) is 22.8. The van der Waals surface area contributed by atoms with Crippen molar-refractivity contribution < 1.29 is 51.1 Å². The van der Waals surface area contributed by atoms with Crippen molar-refractivity contribution in [2.45, 2.75) is 50.9 Å². The molecule has 0 bridgehead atoms. The van der Waals surface area contributed by atoms with E-state index < -0.39 is 42.6 Å². The minimum atomic E-state index is -4.92. The lowest BCUT2D eigenvalue weighted by Gasteiger charge is -2.45. The number of para-hydroxylation sites is 1. The van der Waals surface area contributed by atoms with Crippen molar-refractivity contribution in [3.63, 3.8) is 0 Å². The number of rotatable bonds is 22. The maximum absolute atomic E-state index is 14.4. The predicted octanol–water partition coefficient (Wildman–Crippen LogP) is 7.20. The van der Waals surface area contributed by atoms with Crippen molar-refractivity contribution in [1.29, 1.82) is 0 Å². The van der Waals surface area contributed by atoms with Gasteiger partial charge >= 0.3 is 6.18 Å². The van der Waals surface area contributed by atoms with Crippen LogP contribution in [0.4, 0.5) is 18.9 Å². The van der Waals surface area contributed by atoms with E-state index in [1.807, 2.05) is 67.6 Å². The Bertz CT molecular complexity index is 1480. The molecule has 1 saturated heterocycles. The number of alkyl halides is 3. The number of halogens is 3. The van der Waals surface area contributed by atoms with E-state index in [9.17, 15) is 13.2 Å². The normalized spacial score (nSPS) is 20.7. The summed E-state index contributed by atoms with van der Waals surface area (Å²) in [6.45, 7) is 4.57. The summed E-state index contributed by atoms with van der Waals surface area (Å²) in [5, 5.41) is 3.38. The highest BCUT2D eigenvalue weighted by Crippen LogP contribution is 2.34. The second-order valence-corrected chi connectivity index (χ2v) is 11.7. The molecule has 1 heterocycles. The van der Waals surface area contributed by atoms with Gasteiger partial charge in [0.05, 0.1) is 77.9 Å². The van der Waals surface area contributed by atoms with Gasteiger partial charge in [-0.3, -0.25) is 0 Å². The standard InChI is InChI=1S/C37H45F3N4O8/c1-28-33(49-25-29-11-5-2-6-12-29)32(27-48-24-23-47-22-21-46-20-19-45-18-17-42-44-41)51-35(34(28)50-26-30-13-7-3-8-14-30)52-36(37(38,39)40)43-31-15-9-4-10-16-31/h2-16,28,32-35H,17-27H2,1H3/t28-,32?,33+,34?,35-/m0/s1. The summed E-state index contributed by atoms with van der Waals surface area (Å²) in [6.07, 6.45) is -8.84. The summed E-state index contributed by atoms with van der Waals surface area (Å²) >= 11 is 0. The Hall–Kier alpha value is -4.05. The molecule has 3 aromatic carbocycles. The summed E-state index contributed by atoms with van der Waals surface area (Å²) in [5.41, 5.74) is 10.1. The van der Waals surface area contributed by atoms with Gasteiger partial charge in [0.15, 0.2) is 0 Å². The fraction of sp³-hybridized carbons (Fsp3) is 0.486. The van der Waals surface area contributed by atoms with Crippen LogP contribution in [-0.4, -0.2) is 96.1 Å². The van der Waals surface area contributed by atoms with Crippen LogP contribution >= 0.6 is 0 Å². The number of ether oxygens (including phenoxy) is 8. The minimum Gasteiger partial charge on any atom is -0.441 e. The van der Waals surface area contributed by atoms with Gasteiger partial charge in [-0.25, -0.2) is 4.99 Å². The molecule has 1 fully saturated rings. The molecule has 2 unspecified atom stereocenters. The molecule has 52 heavy (non-hydrogen) atoms. The third-order valence-electron chi connectivity index (χ3n) is 7.80. The zero-order chi connectivity index (χ0) is 36.9. The van der Waals surface area contributed by atoms with Crippen molar-refractivity contribution in [1.82, 2.24) is 0 Å². The quantitative estimate of drug-likeness (QED) is 0.0265. The van der Waals surface area contributed by atoms with E-state index in [1.165, 1.54) is 12.1 Å². The van der Waals surface area contributed by atoms with Crippen LogP contribution in [0.5, 0.6) is 0 Å². The van der Waals surface area contributed by atoms with Gasteiger partial charge in [-0.2, -0.15) is 13.2 Å². The monoisotopic (exact) mass is 730 g/mol. The van der Waals surface area contributed by atoms with Crippen molar-refractivity contribution in [3.05, 3.63) is 113 Å². The largest absolute Gasteiger partial charge is 0.468 e. The molecule has 0 N–H and O–H groups in total. The lowest BCUT2D eigenvalue weighted by molar-refractivity contribution is -0.293. The van der Waals surface area contributed by atoms with Gasteiger partial charge in [0.1, 0.15) is 12.2 Å². The van der Waals surface area contributed by atoms with Crippen LogP contribution in [0.3, 0.4) is 0 Å². The van der Waals surface area contributed by atoms with Crippen LogP contribution < -0.4 is 0 Å². The summed E-state index contributed by atoms with van der Waals surface area (Å²) in [4.78, 5) is 6.44. The van der Waals surface area contributed by atoms with E-state index in [0.717, 1.165) is 11.1 Å². The Labute approximate surface area is 301 Å². The number of hydrogen-bond donors (Lipinski definition) is 0. The van der Waals surface area contributed by atoms with Crippen LogP contribution in [0.2, 0.25) is 0 Å². The molecule has 3 aromatic rings. The van der Waals surface area contributed by atoms with Crippen molar-refractivity contribution in [3.8, 4) is 0 Å².